The molecule has 2 bridgehead atoms. The van der Waals surface area contributed by atoms with E-state index in [1.54, 1.807) is 12.3 Å². The summed E-state index contributed by atoms with van der Waals surface area (Å²) in [6, 6.07) is 1.76. The molecule has 2 unspecified atom stereocenters. The van der Waals surface area contributed by atoms with Crippen molar-refractivity contribution in [3.63, 3.8) is 0 Å². The topological polar surface area (TPSA) is 54.6 Å². The van der Waals surface area contributed by atoms with Gasteiger partial charge in [-0.15, -0.1) is 0 Å². The number of rotatable bonds is 1. The fourth-order valence-electron chi connectivity index (χ4n) is 3.93. The van der Waals surface area contributed by atoms with Gasteiger partial charge in [-0.1, -0.05) is 23.2 Å². The van der Waals surface area contributed by atoms with E-state index >= 15 is 0 Å². The Morgan fingerprint density at radius 2 is 2.00 bits per heavy atom. The summed E-state index contributed by atoms with van der Waals surface area (Å²) in [7, 11) is 0. The molecule has 5 nitrogen and oxygen atoms in total. The molecule has 0 aromatic carbocycles. The van der Waals surface area contributed by atoms with E-state index in [9.17, 15) is 0 Å². The van der Waals surface area contributed by atoms with Crippen LogP contribution < -0.4 is 10.6 Å². The van der Waals surface area contributed by atoms with Gasteiger partial charge in [0.15, 0.2) is 6.35 Å². The first-order valence-electron chi connectivity index (χ1n) is 7.31. The number of anilines is 1. The Hall–Kier alpha value is -0.590. The fourth-order valence-corrected chi connectivity index (χ4v) is 4.18. The van der Waals surface area contributed by atoms with Crippen LogP contribution in [0.15, 0.2) is 12.3 Å². The number of halogens is 2. The number of nitrogens with zero attached hydrogens (tertiary/aromatic N) is 3. The van der Waals surface area contributed by atoms with E-state index in [2.05, 4.69) is 9.88 Å². The summed E-state index contributed by atoms with van der Waals surface area (Å²) in [4.78, 5) is 8.81. The Morgan fingerprint density at radius 3 is 2.62 bits per heavy atom. The molecule has 0 saturated carbocycles. The molecule has 0 radical (unpaired) electrons. The summed E-state index contributed by atoms with van der Waals surface area (Å²) in [5, 5.41) is 0.940. The summed E-state index contributed by atoms with van der Waals surface area (Å²) in [5.41, 5.74) is 6.04. The zero-order chi connectivity index (χ0) is 14.6. The van der Waals surface area contributed by atoms with Crippen molar-refractivity contribution in [1.29, 1.82) is 0 Å². The maximum atomic E-state index is 6.21. The van der Waals surface area contributed by atoms with E-state index in [-0.39, 0.29) is 5.60 Å². The molecule has 4 aliphatic heterocycles. The Bertz CT molecular complexity index is 564. The van der Waals surface area contributed by atoms with Gasteiger partial charge in [0.2, 0.25) is 0 Å². The lowest BCUT2D eigenvalue weighted by Gasteiger charge is -2.50. The highest BCUT2D eigenvalue weighted by molar-refractivity contribution is 6.42. The van der Waals surface area contributed by atoms with Gasteiger partial charge >= 0.3 is 0 Å². The lowest BCUT2D eigenvalue weighted by atomic mass is 9.75. The number of aromatic nitrogens is 1. The second-order valence-electron chi connectivity index (χ2n) is 6.21. The van der Waals surface area contributed by atoms with Gasteiger partial charge in [-0.2, -0.15) is 0 Å². The van der Waals surface area contributed by atoms with Crippen LogP contribution in [0.4, 0.5) is 5.82 Å². The van der Waals surface area contributed by atoms with Crippen molar-refractivity contribution < 1.29 is 4.74 Å². The van der Waals surface area contributed by atoms with E-state index in [1.807, 2.05) is 4.90 Å². The van der Waals surface area contributed by atoms with Crippen LogP contribution in [0.25, 0.3) is 0 Å². The van der Waals surface area contributed by atoms with Gasteiger partial charge in [-0.25, -0.2) is 4.98 Å². The quantitative estimate of drug-likeness (QED) is 0.853. The third kappa shape index (κ3) is 2.23. The molecule has 1 aromatic heterocycles. The zero-order valence-corrected chi connectivity index (χ0v) is 13.1. The molecule has 2 atom stereocenters. The molecule has 7 heteroatoms. The first-order chi connectivity index (χ1) is 10.1. The molecule has 1 aromatic rings. The molecule has 0 amide bonds. The minimum absolute atomic E-state index is 0.163. The highest BCUT2D eigenvalue weighted by Crippen LogP contribution is 2.43. The van der Waals surface area contributed by atoms with Crippen LogP contribution >= 0.6 is 23.2 Å². The second kappa shape index (κ2) is 4.96. The molecule has 4 saturated heterocycles. The predicted molar refractivity (Wildman–Crippen MR) is 82.6 cm³/mol. The van der Waals surface area contributed by atoms with Crippen LogP contribution in [0.1, 0.15) is 12.8 Å². The first-order valence-corrected chi connectivity index (χ1v) is 8.06. The van der Waals surface area contributed by atoms with Gasteiger partial charge in [-0.3, -0.25) is 5.73 Å². The molecule has 5 rings (SSSR count). The van der Waals surface area contributed by atoms with Crippen molar-refractivity contribution in [2.24, 2.45) is 11.7 Å². The van der Waals surface area contributed by atoms with Crippen LogP contribution in [0.3, 0.4) is 0 Å². The van der Waals surface area contributed by atoms with Gasteiger partial charge in [0.1, 0.15) is 11.4 Å². The lowest BCUT2D eigenvalue weighted by molar-refractivity contribution is -0.137. The van der Waals surface area contributed by atoms with E-state index in [4.69, 9.17) is 33.7 Å². The molecular weight excluding hydrogens is 311 g/mol. The Kier molecular flexibility index (Phi) is 3.32. The van der Waals surface area contributed by atoms with Crippen molar-refractivity contribution in [2.45, 2.75) is 24.8 Å². The monoisotopic (exact) mass is 328 g/mol. The van der Waals surface area contributed by atoms with Crippen LogP contribution in [0.2, 0.25) is 10.0 Å². The highest BCUT2D eigenvalue weighted by atomic mass is 35.5. The summed E-state index contributed by atoms with van der Waals surface area (Å²) in [6.45, 7) is 4.08. The van der Waals surface area contributed by atoms with Crippen molar-refractivity contribution in [3.05, 3.63) is 22.3 Å². The maximum absolute atomic E-state index is 6.21. The SMILES string of the molecule is NC1OC2(CN3CCC2CC3)CN1c1cc(Cl)c(Cl)cn1. The normalized spacial score (nSPS) is 38.4. The van der Waals surface area contributed by atoms with Crippen LogP contribution in [-0.4, -0.2) is 48.0 Å². The highest BCUT2D eigenvalue weighted by Gasteiger charge is 2.54. The number of fused-ring (bicyclic) bond motifs is 2. The number of piperidine rings is 3. The molecule has 5 heterocycles. The Balaban J connectivity index is 1.62. The Morgan fingerprint density at radius 1 is 1.24 bits per heavy atom. The summed E-state index contributed by atoms with van der Waals surface area (Å²) in [6.07, 6.45) is 3.47. The third-order valence-corrected chi connectivity index (χ3v) is 5.72. The number of hydrogen-bond donors (Lipinski definition) is 1. The second-order valence-corrected chi connectivity index (χ2v) is 7.02. The average molecular weight is 329 g/mol. The molecule has 114 valence electrons. The fraction of sp³-hybridized carbons (Fsp3) is 0.643. The van der Waals surface area contributed by atoms with Crippen molar-refractivity contribution in [3.8, 4) is 0 Å². The number of hydrogen-bond acceptors (Lipinski definition) is 5. The van der Waals surface area contributed by atoms with E-state index < -0.39 is 6.35 Å². The van der Waals surface area contributed by atoms with E-state index in [1.165, 1.54) is 25.9 Å². The number of ether oxygens (including phenoxy) is 1. The van der Waals surface area contributed by atoms with Crippen molar-refractivity contribution in [2.75, 3.05) is 31.1 Å². The molecule has 2 N–H and O–H groups in total. The predicted octanol–water partition coefficient (Wildman–Crippen LogP) is 1.93. The minimum atomic E-state index is -0.477. The third-order valence-electron chi connectivity index (χ3n) is 5.01. The first kappa shape index (κ1) is 14.0. The minimum Gasteiger partial charge on any atom is -0.335 e. The summed E-state index contributed by atoms with van der Waals surface area (Å²) >= 11 is 12.0. The zero-order valence-electron chi connectivity index (χ0n) is 11.6. The molecule has 1 spiro atoms. The van der Waals surface area contributed by atoms with Crippen molar-refractivity contribution >= 4 is 29.0 Å². The molecule has 21 heavy (non-hydrogen) atoms. The van der Waals surface area contributed by atoms with E-state index in [0.29, 0.717) is 16.0 Å². The van der Waals surface area contributed by atoms with Crippen LogP contribution in [-0.2, 0) is 4.74 Å². The van der Waals surface area contributed by atoms with Crippen LogP contribution in [0.5, 0.6) is 0 Å². The largest absolute Gasteiger partial charge is 0.335 e. The van der Waals surface area contributed by atoms with Gasteiger partial charge < -0.3 is 14.5 Å². The van der Waals surface area contributed by atoms with Crippen LogP contribution in [0, 0.1) is 5.92 Å². The maximum Gasteiger partial charge on any atom is 0.186 e. The van der Waals surface area contributed by atoms with E-state index in [0.717, 1.165) is 18.9 Å². The summed E-state index contributed by atoms with van der Waals surface area (Å²) < 4.78 is 6.21. The summed E-state index contributed by atoms with van der Waals surface area (Å²) in [5.74, 6) is 1.31. The lowest BCUT2D eigenvalue weighted by Crippen LogP contribution is -2.61. The van der Waals surface area contributed by atoms with Crippen molar-refractivity contribution in [1.82, 2.24) is 9.88 Å². The number of nitrogens with two attached hydrogens (primary N) is 1. The van der Waals surface area contributed by atoms with Gasteiger partial charge in [0.05, 0.1) is 16.6 Å². The number of pyridine rings is 1. The molecule has 0 aliphatic carbocycles. The molecular formula is C14H18Cl2N4O. The van der Waals surface area contributed by atoms with Gasteiger partial charge in [-0.05, 0) is 31.8 Å². The van der Waals surface area contributed by atoms with Gasteiger partial charge in [0, 0.05) is 18.8 Å². The molecule has 4 fully saturated rings. The standard InChI is InChI=1S/C14H18Cl2N4O/c15-10-5-12(18-6-11(10)16)20-8-14(21-13(20)17)7-19-3-1-9(14)2-4-19/h5-6,9,13H,1-4,7-8,17H2. The smallest absolute Gasteiger partial charge is 0.186 e. The Labute approximate surface area is 133 Å². The van der Waals surface area contributed by atoms with Gasteiger partial charge in [0.25, 0.3) is 0 Å². The average Bonchev–Trinajstić information content (AvgIpc) is 2.79. The molecule has 4 aliphatic rings.